The van der Waals surface area contributed by atoms with Crippen molar-refractivity contribution in [2.75, 3.05) is 0 Å². The summed E-state index contributed by atoms with van der Waals surface area (Å²) in [5.41, 5.74) is 0. The van der Waals surface area contributed by atoms with Crippen molar-refractivity contribution in [1.29, 1.82) is 0 Å². The summed E-state index contributed by atoms with van der Waals surface area (Å²) in [6.45, 7) is 0. The molecule has 0 fully saturated rings. The second kappa shape index (κ2) is 2.70. The van der Waals surface area contributed by atoms with Crippen molar-refractivity contribution in [3.05, 3.63) is 42.5 Å². The molecule has 1 heteroatoms. The monoisotopic (exact) mass is 154 g/mol. The molecule has 0 saturated carbocycles. The molecule has 0 aliphatic carbocycles. The van der Waals surface area contributed by atoms with Crippen molar-refractivity contribution >= 4 is 31.5 Å². The van der Waals surface area contributed by atoms with Crippen LogP contribution in [0.1, 0.15) is 0 Å². The van der Waals surface area contributed by atoms with E-state index in [1.54, 1.807) is 0 Å². The van der Waals surface area contributed by atoms with Gasteiger partial charge in [0.2, 0.25) is 0 Å². The minimum Gasteiger partial charge on any atom is -0.138 e. The Labute approximate surface area is 74.3 Å². The van der Waals surface area contributed by atoms with E-state index < -0.39 is 0 Å². The maximum atomic E-state index is 2.70. The molecule has 0 aliphatic heterocycles. The number of fused-ring (bicyclic) bond motifs is 1. The Morgan fingerprint density at radius 2 is 1.55 bits per heavy atom. The third-order valence-corrected chi connectivity index (χ3v) is 2.13. The minimum atomic E-state index is 1.24. The Balaban J connectivity index is 2.83. The quantitative estimate of drug-likeness (QED) is 0.506. The summed E-state index contributed by atoms with van der Waals surface area (Å²) in [5.74, 6) is 0. The van der Waals surface area contributed by atoms with Crippen LogP contribution in [-0.2, 0) is 0 Å². The van der Waals surface area contributed by atoms with Gasteiger partial charge in [0.25, 0.3) is 0 Å². The lowest BCUT2D eigenvalue weighted by atomic mass is 10.1. The Morgan fingerprint density at radius 1 is 0.818 bits per heavy atom. The highest BCUT2D eigenvalue weighted by atomic mass is 27.0. The second-order valence-electron chi connectivity index (χ2n) is 2.61. The highest BCUT2D eigenvalue weighted by molar-refractivity contribution is 6.33. The summed E-state index contributed by atoms with van der Waals surface area (Å²) in [6, 6.07) is 14.8. The Morgan fingerprint density at radius 3 is 2.36 bits per heavy atom. The molecule has 0 aromatic heterocycles. The first-order chi connectivity index (χ1) is 5.36. The summed E-state index contributed by atoms with van der Waals surface area (Å²) in [7, 11) is 0. The van der Waals surface area contributed by atoms with E-state index in [1.165, 1.54) is 15.2 Å². The molecular formula is C10H7Al. The molecule has 2 radical (unpaired) electrons. The number of rotatable bonds is 0. The minimum absolute atomic E-state index is 1.24. The largest absolute Gasteiger partial charge is 0.175 e. The molecule has 2 rings (SSSR count). The van der Waals surface area contributed by atoms with Gasteiger partial charge in [-0.05, 0) is 10.8 Å². The molecule has 0 N–H and O–H groups in total. The molecule has 0 spiro atoms. The van der Waals surface area contributed by atoms with Gasteiger partial charge in [-0.1, -0.05) is 42.5 Å². The Kier molecular flexibility index (Phi) is 1.69. The fraction of sp³-hybridized carbons (Fsp3) is 0. The second-order valence-corrected chi connectivity index (χ2v) is 3.27. The fourth-order valence-electron chi connectivity index (χ4n) is 1.21. The van der Waals surface area contributed by atoms with E-state index >= 15 is 0 Å². The predicted molar refractivity (Wildman–Crippen MR) is 49.3 cm³/mol. The van der Waals surface area contributed by atoms with Gasteiger partial charge >= 0.3 is 0 Å². The summed E-state index contributed by atoms with van der Waals surface area (Å²) in [5, 5.41) is 2.61. The molecule has 0 atom stereocenters. The van der Waals surface area contributed by atoms with Crippen LogP contribution in [0.2, 0.25) is 0 Å². The molecule has 2 aromatic rings. The third kappa shape index (κ3) is 1.31. The van der Waals surface area contributed by atoms with E-state index in [1.807, 2.05) is 0 Å². The number of benzene rings is 2. The van der Waals surface area contributed by atoms with Crippen LogP contribution in [0, 0.1) is 0 Å². The van der Waals surface area contributed by atoms with Gasteiger partial charge in [-0.15, -0.1) is 4.43 Å². The van der Waals surface area contributed by atoms with Crippen LogP contribution in [0.15, 0.2) is 42.5 Å². The fourth-order valence-corrected chi connectivity index (χ4v) is 1.48. The highest BCUT2D eigenvalue weighted by Gasteiger charge is 1.88. The molecular weight excluding hydrogens is 147 g/mol. The van der Waals surface area contributed by atoms with E-state index in [-0.39, 0.29) is 0 Å². The van der Waals surface area contributed by atoms with E-state index in [4.69, 9.17) is 0 Å². The molecule has 0 unspecified atom stereocenters. The van der Waals surface area contributed by atoms with Gasteiger partial charge in [-0.25, -0.2) is 0 Å². The van der Waals surface area contributed by atoms with Crippen molar-refractivity contribution in [2.24, 2.45) is 0 Å². The van der Waals surface area contributed by atoms with Gasteiger partial charge in [-0.2, -0.15) is 0 Å². The molecule has 0 amide bonds. The van der Waals surface area contributed by atoms with Crippen LogP contribution in [0.3, 0.4) is 0 Å². The first-order valence-electron chi connectivity index (χ1n) is 3.60. The predicted octanol–water partition coefficient (Wildman–Crippen LogP) is 1.63. The summed E-state index contributed by atoms with van der Waals surface area (Å²) in [6.07, 6.45) is 0. The Hall–Kier alpha value is -0.768. The standard InChI is InChI=1S/C10H7.Al/c1-2-6-10-8-4-3-7-9(10)5-1;/h1-3,5-8H;. The smallest absolute Gasteiger partial charge is 0.138 e. The molecule has 50 valence electrons. The van der Waals surface area contributed by atoms with Gasteiger partial charge in [0.1, 0.15) is 0 Å². The Bertz CT molecular complexity index is 379. The lowest BCUT2D eigenvalue weighted by Gasteiger charge is -1.97. The average Bonchev–Trinajstić information content (AvgIpc) is 2.04. The maximum absolute atomic E-state index is 2.70. The topological polar surface area (TPSA) is 0 Å². The normalized spacial score (nSPS) is 10.2. The number of hydrogen-bond donors (Lipinski definition) is 0. The zero-order chi connectivity index (χ0) is 7.68. The zero-order valence-corrected chi connectivity index (χ0v) is 7.27. The van der Waals surface area contributed by atoms with E-state index in [0.29, 0.717) is 0 Å². The molecule has 0 nitrogen and oxygen atoms in total. The van der Waals surface area contributed by atoms with E-state index in [9.17, 15) is 0 Å². The van der Waals surface area contributed by atoms with Crippen molar-refractivity contribution in [2.45, 2.75) is 0 Å². The summed E-state index contributed by atoms with van der Waals surface area (Å²) >= 11 is 2.70. The van der Waals surface area contributed by atoms with Crippen molar-refractivity contribution < 1.29 is 0 Å². The third-order valence-electron chi connectivity index (χ3n) is 1.77. The van der Waals surface area contributed by atoms with Crippen molar-refractivity contribution in [3.63, 3.8) is 0 Å². The average molecular weight is 154 g/mol. The van der Waals surface area contributed by atoms with Crippen molar-refractivity contribution in [1.82, 2.24) is 0 Å². The van der Waals surface area contributed by atoms with Crippen LogP contribution < -0.4 is 4.43 Å². The van der Waals surface area contributed by atoms with Crippen molar-refractivity contribution in [3.8, 4) is 0 Å². The highest BCUT2D eigenvalue weighted by Crippen LogP contribution is 2.09. The van der Waals surface area contributed by atoms with Gasteiger partial charge in [0.15, 0.2) is 16.3 Å². The molecule has 2 aromatic carbocycles. The van der Waals surface area contributed by atoms with Crippen LogP contribution in [0.4, 0.5) is 0 Å². The van der Waals surface area contributed by atoms with Crippen LogP contribution >= 0.6 is 0 Å². The molecule has 0 saturated heterocycles. The summed E-state index contributed by atoms with van der Waals surface area (Å²) < 4.78 is 1.24. The lowest BCUT2D eigenvalue weighted by Crippen LogP contribution is -1.99. The zero-order valence-electron chi connectivity index (χ0n) is 6.12. The molecule has 0 heterocycles. The van der Waals surface area contributed by atoms with Gasteiger partial charge in [-0.3, -0.25) is 0 Å². The first kappa shape index (κ1) is 6.91. The SMILES string of the molecule is [Al][c]1ccc2ccccc2c1. The van der Waals surface area contributed by atoms with E-state index in [0.717, 1.165) is 0 Å². The molecule has 0 bridgehead atoms. The van der Waals surface area contributed by atoms with Crippen LogP contribution in [0.25, 0.3) is 10.8 Å². The molecule has 11 heavy (non-hydrogen) atoms. The molecule has 0 aliphatic rings. The first-order valence-corrected chi connectivity index (χ1v) is 4.18. The maximum Gasteiger partial charge on any atom is 0.175 e. The van der Waals surface area contributed by atoms with Gasteiger partial charge in [0, 0.05) is 0 Å². The van der Waals surface area contributed by atoms with E-state index in [2.05, 4.69) is 58.8 Å². The van der Waals surface area contributed by atoms with Gasteiger partial charge in [0.05, 0.1) is 0 Å². The lowest BCUT2D eigenvalue weighted by molar-refractivity contribution is 1.78. The summed E-state index contributed by atoms with van der Waals surface area (Å²) in [4.78, 5) is 0. The van der Waals surface area contributed by atoms with Crippen LogP contribution in [0.5, 0.6) is 0 Å². The number of hydrogen-bond acceptors (Lipinski definition) is 0. The van der Waals surface area contributed by atoms with Crippen LogP contribution in [-0.4, -0.2) is 16.3 Å². The van der Waals surface area contributed by atoms with Gasteiger partial charge < -0.3 is 0 Å².